The SMILES string of the molecule is COCC(CN1CCNCC1c1ccccc1)OC. The van der Waals surface area contributed by atoms with Gasteiger partial charge in [0.15, 0.2) is 0 Å². The Morgan fingerprint density at radius 3 is 2.79 bits per heavy atom. The van der Waals surface area contributed by atoms with Gasteiger partial charge >= 0.3 is 0 Å². The van der Waals surface area contributed by atoms with Crippen molar-refractivity contribution < 1.29 is 9.47 Å². The first-order valence-corrected chi connectivity index (χ1v) is 6.86. The monoisotopic (exact) mass is 264 g/mol. The Morgan fingerprint density at radius 1 is 1.32 bits per heavy atom. The zero-order chi connectivity index (χ0) is 13.5. The highest BCUT2D eigenvalue weighted by Gasteiger charge is 2.25. The summed E-state index contributed by atoms with van der Waals surface area (Å²) in [6.07, 6.45) is 0.134. The van der Waals surface area contributed by atoms with Crippen LogP contribution in [-0.2, 0) is 9.47 Å². The van der Waals surface area contributed by atoms with Crippen molar-refractivity contribution in [2.24, 2.45) is 0 Å². The molecule has 1 fully saturated rings. The molecule has 2 rings (SSSR count). The molecule has 0 radical (unpaired) electrons. The smallest absolute Gasteiger partial charge is 0.0931 e. The zero-order valence-electron chi connectivity index (χ0n) is 11.8. The van der Waals surface area contributed by atoms with Crippen molar-refractivity contribution in [3.8, 4) is 0 Å². The van der Waals surface area contributed by atoms with Gasteiger partial charge in [-0.2, -0.15) is 0 Å². The van der Waals surface area contributed by atoms with Crippen LogP contribution >= 0.6 is 0 Å². The van der Waals surface area contributed by atoms with E-state index in [0.29, 0.717) is 12.6 Å². The van der Waals surface area contributed by atoms with Gasteiger partial charge < -0.3 is 14.8 Å². The number of piperazine rings is 1. The molecule has 1 aromatic carbocycles. The third-order valence-corrected chi connectivity index (χ3v) is 3.66. The number of hydrogen-bond donors (Lipinski definition) is 1. The highest BCUT2D eigenvalue weighted by molar-refractivity contribution is 5.20. The van der Waals surface area contributed by atoms with Gasteiger partial charge in [0.2, 0.25) is 0 Å². The van der Waals surface area contributed by atoms with Crippen molar-refractivity contribution in [3.63, 3.8) is 0 Å². The van der Waals surface area contributed by atoms with Gasteiger partial charge in [-0.3, -0.25) is 4.90 Å². The van der Waals surface area contributed by atoms with Gasteiger partial charge in [0.1, 0.15) is 0 Å². The molecule has 0 aromatic heterocycles. The van der Waals surface area contributed by atoms with Crippen molar-refractivity contribution >= 4 is 0 Å². The maximum absolute atomic E-state index is 5.49. The van der Waals surface area contributed by atoms with Crippen LogP contribution in [0, 0.1) is 0 Å². The van der Waals surface area contributed by atoms with E-state index in [-0.39, 0.29) is 6.10 Å². The van der Waals surface area contributed by atoms with Crippen LogP contribution in [0.15, 0.2) is 30.3 Å². The van der Waals surface area contributed by atoms with E-state index in [4.69, 9.17) is 9.47 Å². The third-order valence-electron chi connectivity index (χ3n) is 3.66. The van der Waals surface area contributed by atoms with E-state index in [0.717, 1.165) is 26.2 Å². The first-order chi connectivity index (χ1) is 9.35. The van der Waals surface area contributed by atoms with Gasteiger partial charge in [-0.05, 0) is 5.56 Å². The number of ether oxygens (including phenoxy) is 2. The van der Waals surface area contributed by atoms with Gasteiger partial charge in [-0.1, -0.05) is 30.3 Å². The molecule has 0 aliphatic carbocycles. The van der Waals surface area contributed by atoms with Crippen LogP contribution in [0.4, 0.5) is 0 Å². The van der Waals surface area contributed by atoms with E-state index in [1.807, 2.05) is 0 Å². The van der Waals surface area contributed by atoms with Crippen LogP contribution in [0.2, 0.25) is 0 Å². The molecular formula is C15H24N2O2. The van der Waals surface area contributed by atoms with E-state index < -0.39 is 0 Å². The van der Waals surface area contributed by atoms with Crippen LogP contribution in [-0.4, -0.2) is 58.0 Å². The minimum atomic E-state index is 0.134. The number of rotatable bonds is 6. The fourth-order valence-corrected chi connectivity index (χ4v) is 2.61. The topological polar surface area (TPSA) is 33.7 Å². The van der Waals surface area contributed by atoms with E-state index in [1.54, 1.807) is 14.2 Å². The van der Waals surface area contributed by atoms with Gasteiger partial charge in [-0.15, -0.1) is 0 Å². The van der Waals surface area contributed by atoms with E-state index in [1.165, 1.54) is 5.56 Å². The number of methoxy groups -OCH3 is 2. The second kappa shape index (κ2) is 7.60. The highest BCUT2D eigenvalue weighted by Crippen LogP contribution is 2.22. The minimum Gasteiger partial charge on any atom is -0.382 e. The molecule has 4 nitrogen and oxygen atoms in total. The fraction of sp³-hybridized carbons (Fsp3) is 0.600. The minimum absolute atomic E-state index is 0.134. The molecule has 1 aliphatic heterocycles. The predicted molar refractivity (Wildman–Crippen MR) is 76.3 cm³/mol. The maximum Gasteiger partial charge on any atom is 0.0931 e. The van der Waals surface area contributed by atoms with Crippen LogP contribution in [0.1, 0.15) is 11.6 Å². The standard InChI is InChI=1S/C15H24N2O2/c1-18-12-14(19-2)11-17-9-8-16-10-15(17)13-6-4-3-5-7-13/h3-7,14-16H,8-12H2,1-2H3. The summed E-state index contributed by atoms with van der Waals surface area (Å²) in [4.78, 5) is 2.49. The Hall–Kier alpha value is -0.940. The summed E-state index contributed by atoms with van der Waals surface area (Å²) in [5.74, 6) is 0. The quantitative estimate of drug-likeness (QED) is 0.839. The number of nitrogens with one attached hydrogen (secondary N) is 1. The average molecular weight is 264 g/mol. The van der Waals surface area contributed by atoms with Crippen LogP contribution in [0.25, 0.3) is 0 Å². The molecule has 2 unspecified atom stereocenters. The predicted octanol–water partition coefficient (Wildman–Crippen LogP) is 1.29. The Morgan fingerprint density at radius 2 is 2.11 bits per heavy atom. The normalized spacial score (nSPS) is 22.3. The summed E-state index contributed by atoms with van der Waals surface area (Å²) < 4.78 is 10.7. The Labute approximate surface area is 115 Å². The van der Waals surface area contributed by atoms with E-state index in [2.05, 4.69) is 40.5 Å². The summed E-state index contributed by atoms with van der Waals surface area (Å²) in [5, 5.41) is 3.47. The van der Waals surface area contributed by atoms with Crippen molar-refractivity contribution in [2.45, 2.75) is 12.1 Å². The Bertz CT molecular complexity index is 358. The molecule has 106 valence electrons. The van der Waals surface area contributed by atoms with Crippen LogP contribution < -0.4 is 5.32 Å². The molecule has 1 saturated heterocycles. The third kappa shape index (κ3) is 4.01. The summed E-state index contributed by atoms with van der Waals surface area (Å²) in [6, 6.07) is 11.1. The van der Waals surface area contributed by atoms with Crippen molar-refractivity contribution in [2.75, 3.05) is 47.0 Å². The average Bonchev–Trinajstić information content (AvgIpc) is 2.48. The molecule has 0 spiro atoms. The van der Waals surface area contributed by atoms with Crippen molar-refractivity contribution in [1.82, 2.24) is 10.2 Å². The number of benzene rings is 1. The summed E-state index contributed by atoms with van der Waals surface area (Å²) in [5.41, 5.74) is 1.36. The molecule has 0 bridgehead atoms. The molecule has 1 N–H and O–H groups in total. The Kier molecular flexibility index (Phi) is 5.79. The molecule has 4 heteroatoms. The fourth-order valence-electron chi connectivity index (χ4n) is 2.61. The second-order valence-electron chi connectivity index (χ2n) is 4.94. The maximum atomic E-state index is 5.49. The van der Waals surface area contributed by atoms with Crippen molar-refractivity contribution in [3.05, 3.63) is 35.9 Å². The molecule has 19 heavy (non-hydrogen) atoms. The lowest BCUT2D eigenvalue weighted by Gasteiger charge is -2.38. The lowest BCUT2D eigenvalue weighted by molar-refractivity contribution is -0.00669. The van der Waals surface area contributed by atoms with Crippen molar-refractivity contribution in [1.29, 1.82) is 0 Å². The molecule has 0 amide bonds. The van der Waals surface area contributed by atoms with Crippen LogP contribution in [0.5, 0.6) is 0 Å². The summed E-state index contributed by atoms with van der Waals surface area (Å²) in [6.45, 7) is 4.62. The number of hydrogen-bond acceptors (Lipinski definition) is 4. The molecule has 0 saturated carbocycles. The molecule has 1 aromatic rings. The lowest BCUT2D eigenvalue weighted by Crippen LogP contribution is -2.49. The first-order valence-electron chi connectivity index (χ1n) is 6.86. The van der Waals surface area contributed by atoms with E-state index in [9.17, 15) is 0 Å². The summed E-state index contributed by atoms with van der Waals surface area (Å²) in [7, 11) is 3.47. The molecule has 2 atom stereocenters. The largest absolute Gasteiger partial charge is 0.382 e. The van der Waals surface area contributed by atoms with E-state index >= 15 is 0 Å². The van der Waals surface area contributed by atoms with Gasteiger partial charge in [0.25, 0.3) is 0 Å². The number of nitrogens with zero attached hydrogens (tertiary/aromatic N) is 1. The molecular weight excluding hydrogens is 240 g/mol. The Balaban J connectivity index is 2.03. The lowest BCUT2D eigenvalue weighted by atomic mass is 10.0. The second-order valence-corrected chi connectivity index (χ2v) is 4.94. The first kappa shape index (κ1) is 14.5. The van der Waals surface area contributed by atoms with Crippen LogP contribution in [0.3, 0.4) is 0 Å². The summed E-state index contributed by atoms with van der Waals surface area (Å²) >= 11 is 0. The molecule has 1 heterocycles. The van der Waals surface area contributed by atoms with Gasteiger partial charge in [0, 0.05) is 46.4 Å². The molecule has 1 aliphatic rings. The highest BCUT2D eigenvalue weighted by atomic mass is 16.5. The van der Waals surface area contributed by atoms with Gasteiger partial charge in [-0.25, -0.2) is 0 Å². The van der Waals surface area contributed by atoms with Gasteiger partial charge in [0.05, 0.1) is 12.7 Å². The zero-order valence-corrected chi connectivity index (χ0v) is 11.8.